The molecule has 12 heteroatoms. The number of rotatable bonds is 8. The zero-order valence-corrected chi connectivity index (χ0v) is 24.3. The lowest BCUT2D eigenvalue weighted by Crippen LogP contribution is -2.54. The average Bonchev–Trinajstić information content (AvgIpc) is 2.88. The molecular weight excluding hydrogens is 625 g/mol. The van der Waals surface area contributed by atoms with Crippen molar-refractivity contribution >= 4 is 80.3 Å². The SMILES string of the molecule is CCOc1cc(/C=C2\C(=O)NC(=O)N(c3ccc(Cl)c(Cl)c3)C2=O)cc(Br)c1OCC(=O)Nc1cccc(C)c1. The monoisotopic (exact) mass is 645 g/mol. The number of anilines is 2. The summed E-state index contributed by atoms with van der Waals surface area (Å²) >= 11 is 15.4. The van der Waals surface area contributed by atoms with Crippen molar-refractivity contribution in [1.29, 1.82) is 0 Å². The summed E-state index contributed by atoms with van der Waals surface area (Å²) in [4.78, 5) is 51.6. The molecule has 0 aromatic heterocycles. The summed E-state index contributed by atoms with van der Waals surface area (Å²) in [7, 11) is 0. The van der Waals surface area contributed by atoms with Crippen LogP contribution in [0.4, 0.5) is 16.2 Å². The Balaban J connectivity index is 1.59. The second-order valence-electron chi connectivity index (χ2n) is 8.53. The molecule has 0 radical (unpaired) electrons. The molecule has 2 N–H and O–H groups in total. The first-order valence-corrected chi connectivity index (χ1v) is 13.4. The van der Waals surface area contributed by atoms with Gasteiger partial charge < -0.3 is 14.8 Å². The minimum Gasteiger partial charge on any atom is -0.490 e. The van der Waals surface area contributed by atoms with Crippen LogP contribution in [0.5, 0.6) is 11.5 Å². The maximum Gasteiger partial charge on any atom is 0.335 e. The number of benzene rings is 3. The highest BCUT2D eigenvalue weighted by molar-refractivity contribution is 9.10. The van der Waals surface area contributed by atoms with Gasteiger partial charge in [0, 0.05) is 5.69 Å². The average molecular weight is 647 g/mol. The van der Waals surface area contributed by atoms with E-state index in [2.05, 4.69) is 26.6 Å². The maximum absolute atomic E-state index is 13.2. The van der Waals surface area contributed by atoms with Crippen LogP contribution in [-0.4, -0.2) is 37.0 Å². The van der Waals surface area contributed by atoms with Crippen molar-refractivity contribution in [3.05, 3.63) is 85.8 Å². The van der Waals surface area contributed by atoms with Gasteiger partial charge >= 0.3 is 6.03 Å². The number of amides is 5. The van der Waals surface area contributed by atoms with E-state index < -0.39 is 17.8 Å². The number of halogens is 3. The number of nitrogens with one attached hydrogen (secondary N) is 2. The number of nitrogens with zero attached hydrogens (tertiary/aromatic N) is 1. The quantitative estimate of drug-likeness (QED) is 0.224. The molecule has 0 unspecified atom stereocenters. The van der Waals surface area contributed by atoms with Gasteiger partial charge in [-0.15, -0.1) is 0 Å². The summed E-state index contributed by atoms with van der Waals surface area (Å²) in [6, 6.07) is 13.8. The first-order valence-electron chi connectivity index (χ1n) is 11.9. The smallest absolute Gasteiger partial charge is 0.335 e. The molecular formula is C28H22BrCl2N3O6. The lowest BCUT2D eigenvalue weighted by atomic mass is 10.1. The molecule has 0 atom stereocenters. The molecule has 0 saturated carbocycles. The fourth-order valence-electron chi connectivity index (χ4n) is 3.81. The largest absolute Gasteiger partial charge is 0.490 e. The van der Waals surface area contributed by atoms with Crippen LogP contribution in [0.2, 0.25) is 10.0 Å². The van der Waals surface area contributed by atoms with Crippen LogP contribution in [0.25, 0.3) is 6.08 Å². The lowest BCUT2D eigenvalue weighted by molar-refractivity contribution is -0.122. The Labute approximate surface area is 248 Å². The van der Waals surface area contributed by atoms with Crippen LogP contribution in [0.3, 0.4) is 0 Å². The van der Waals surface area contributed by atoms with Gasteiger partial charge in [-0.05, 0) is 89.4 Å². The van der Waals surface area contributed by atoms with E-state index in [0.29, 0.717) is 15.7 Å². The fraction of sp³-hybridized carbons (Fsp3) is 0.143. The molecule has 5 amide bonds. The van der Waals surface area contributed by atoms with Gasteiger partial charge in [0.15, 0.2) is 18.1 Å². The van der Waals surface area contributed by atoms with Crippen molar-refractivity contribution < 1.29 is 28.7 Å². The highest BCUT2D eigenvalue weighted by atomic mass is 79.9. The van der Waals surface area contributed by atoms with E-state index in [9.17, 15) is 19.2 Å². The first-order chi connectivity index (χ1) is 19.1. The van der Waals surface area contributed by atoms with Crippen molar-refractivity contribution in [3.63, 3.8) is 0 Å². The van der Waals surface area contributed by atoms with Crippen molar-refractivity contribution in [1.82, 2.24) is 5.32 Å². The standard InChI is InChI=1S/C28H22BrCl2N3O6/c1-3-39-23-12-16(11-20(29)25(23)40-14-24(35)32-17-6-4-5-15(2)9-17)10-19-26(36)33-28(38)34(27(19)37)18-7-8-21(30)22(31)13-18/h4-13H,3,14H2,1-2H3,(H,32,35)(H,33,36,38)/b19-10+. The van der Waals surface area contributed by atoms with Gasteiger partial charge in [-0.1, -0.05) is 35.3 Å². The minimum atomic E-state index is -0.922. The van der Waals surface area contributed by atoms with E-state index in [0.717, 1.165) is 10.5 Å². The third kappa shape index (κ3) is 6.64. The second kappa shape index (κ2) is 12.5. The maximum atomic E-state index is 13.2. The number of hydrogen-bond acceptors (Lipinski definition) is 6. The molecule has 40 heavy (non-hydrogen) atoms. The van der Waals surface area contributed by atoms with Gasteiger partial charge in [0.05, 0.1) is 26.8 Å². The van der Waals surface area contributed by atoms with Crippen LogP contribution < -0.4 is 25.0 Å². The third-order valence-corrected chi connectivity index (χ3v) is 6.88. The number of carbonyl (C=O) groups excluding carboxylic acids is 4. The Kier molecular flexibility index (Phi) is 9.14. The number of carbonyl (C=O) groups is 4. The highest BCUT2D eigenvalue weighted by Gasteiger charge is 2.37. The summed E-state index contributed by atoms with van der Waals surface area (Å²) in [6.07, 6.45) is 1.32. The molecule has 3 aromatic carbocycles. The molecule has 0 bridgehead atoms. The van der Waals surface area contributed by atoms with Gasteiger partial charge in [-0.25, -0.2) is 9.69 Å². The molecule has 0 aliphatic carbocycles. The molecule has 1 aliphatic rings. The van der Waals surface area contributed by atoms with Gasteiger partial charge in [0.1, 0.15) is 5.57 Å². The predicted octanol–water partition coefficient (Wildman–Crippen LogP) is 6.15. The Hall–Kier alpha value is -3.86. The van der Waals surface area contributed by atoms with Crippen LogP contribution in [-0.2, 0) is 14.4 Å². The number of hydrogen-bond donors (Lipinski definition) is 2. The second-order valence-corrected chi connectivity index (χ2v) is 10.2. The highest BCUT2D eigenvalue weighted by Crippen LogP contribution is 2.38. The van der Waals surface area contributed by atoms with E-state index >= 15 is 0 Å². The molecule has 3 aromatic rings. The van der Waals surface area contributed by atoms with Crippen LogP contribution in [0.1, 0.15) is 18.1 Å². The van der Waals surface area contributed by atoms with Crippen molar-refractivity contribution in [2.45, 2.75) is 13.8 Å². The lowest BCUT2D eigenvalue weighted by Gasteiger charge is -2.26. The molecule has 1 aliphatic heterocycles. The zero-order valence-electron chi connectivity index (χ0n) is 21.2. The molecule has 4 rings (SSSR count). The minimum absolute atomic E-state index is 0.135. The van der Waals surface area contributed by atoms with Gasteiger partial charge in [-0.2, -0.15) is 0 Å². The van der Waals surface area contributed by atoms with Crippen molar-refractivity contribution in [2.75, 3.05) is 23.4 Å². The van der Waals surface area contributed by atoms with E-state index in [-0.39, 0.29) is 51.9 Å². The topological polar surface area (TPSA) is 114 Å². The third-order valence-electron chi connectivity index (χ3n) is 5.56. The number of imide groups is 2. The summed E-state index contributed by atoms with van der Waals surface area (Å²) < 4.78 is 11.9. The molecule has 1 fully saturated rings. The summed E-state index contributed by atoms with van der Waals surface area (Å²) in [5, 5.41) is 5.30. The van der Waals surface area contributed by atoms with E-state index in [4.69, 9.17) is 32.7 Å². The van der Waals surface area contributed by atoms with E-state index in [1.165, 1.54) is 24.3 Å². The molecule has 1 heterocycles. The number of ether oxygens (including phenoxy) is 2. The zero-order chi connectivity index (χ0) is 29.0. The fourth-order valence-corrected chi connectivity index (χ4v) is 4.68. The van der Waals surface area contributed by atoms with Crippen LogP contribution >= 0.6 is 39.1 Å². The number of barbiturate groups is 1. The Bertz CT molecular complexity index is 1560. The normalized spacial score (nSPS) is 14.3. The Morgan fingerprint density at radius 2 is 1.82 bits per heavy atom. The number of urea groups is 1. The van der Waals surface area contributed by atoms with Crippen LogP contribution in [0, 0.1) is 6.92 Å². The van der Waals surface area contributed by atoms with E-state index in [1.807, 2.05) is 25.1 Å². The molecule has 206 valence electrons. The molecule has 0 spiro atoms. The molecule has 9 nitrogen and oxygen atoms in total. The van der Waals surface area contributed by atoms with Crippen molar-refractivity contribution in [3.8, 4) is 11.5 Å². The van der Waals surface area contributed by atoms with Gasteiger partial charge in [-0.3, -0.25) is 19.7 Å². The predicted molar refractivity (Wildman–Crippen MR) is 156 cm³/mol. The number of aryl methyl sites for hydroxylation is 1. The van der Waals surface area contributed by atoms with Crippen molar-refractivity contribution in [2.24, 2.45) is 0 Å². The summed E-state index contributed by atoms with van der Waals surface area (Å²) in [6.45, 7) is 3.67. The van der Waals surface area contributed by atoms with Crippen LogP contribution in [0.15, 0.2) is 64.6 Å². The summed E-state index contributed by atoms with van der Waals surface area (Å²) in [5.41, 5.74) is 1.88. The Morgan fingerprint density at radius 3 is 2.52 bits per heavy atom. The van der Waals surface area contributed by atoms with Gasteiger partial charge in [0.2, 0.25) is 0 Å². The molecule has 1 saturated heterocycles. The summed E-state index contributed by atoms with van der Waals surface area (Å²) in [5.74, 6) is -1.56. The first kappa shape index (κ1) is 29.1. The van der Waals surface area contributed by atoms with E-state index in [1.54, 1.807) is 25.1 Å². The van der Waals surface area contributed by atoms with Gasteiger partial charge in [0.25, 0.3) is 17.7 Å². The Morgan fingerprint density at radius 1 is 1.05 bits per heavy atom.